The van der Waals surface area contributed by atoms with Gasteiger partial charge in [-0.3, -0.25) is 4.79 Å². The summed E-state index contributed by atoms with van der Waals surface area (Å²) in [6.45, 7) is 2.46. The summed E-state index contributed by atoms with van der Waals surface area (Å²) >= 11 is 0. The third kappa shape index (κ3) is 3.26. The van der Waals surface area contributed by atoms with Gasteiger partial charge in [0.05, 0.1) is 18.2 Å². The van der Waals surface area contributed by atoms with Gasteiger partial charge in [-0.1, -0.05) is 12.1 Å². The molecule has 1 heterocycles. The molecule has 19 heavy (non-hydrogen) atoms. The summed E-state index contributed by atoms with van der Waals surface area (Å²) in [5, 5.41) is 6.20. The lowest BCUT2D eigenvalue weighted by atomic mass is 10.1. The van der Waals surface area contributed by atoms with Crippen LogP contribution in [0.1, 0.15) is 19.3 Å². The fourth-order valence-corrected chi connectivity index (χ4v) is 2.30. The molecule has 0 spiro atoms. The Balaban J connectivity index is 1.63. The van der Waals surface area contributed by atoms with Crippen molar-refractivity contribution in [3.8, 4) is 5.75 Å². The number of amides is 1. The summed E-state index contributed by atoms with van der Waals surface area (Å²) in [4.78, 5) is 12.1. The molecule has 1 amide bonds. The molecule has 102 valence electrons. The molecule has 2 fully saturated rings. The van der Waals surface area contributed by atoms with Gasteiger partial charge in [-0.05, 0) is 43.9 Å². The molecule has 1 aromatic rings. The van der Waals surface area contributed by atoms with Crippen LogP contribution < -0.4 is 15.4 Å². The van der Waals surface area contributed by atoms with Crippen molar-refractivity contribution < 1.29 is 9.53 Å². The first-order chi connectivity index (χ1) is 9.33. The molecule has 1 saturated carbocycles. The minimum absolute atomic E-state index is 0.0801. The number of anilines is 1. The number of para-hydroxylation sites is 2. The van der Waals surface area contributed by atoms with Crippen LogP contribution in [-0.4, -0.2) is 25.6 Å². The number of hydrogen-bond acceptors (Lipinski definition) is 3. The molecule has 3 rings (SSSR count). The van der Waals surface area contributed by atoms with Crippen LogP contribution in [0.3, 0.4) is 0 Å². The molecule has 0 radical (unpaired) electrons. The van der Waals surface area contributed by atoms with Gasteiger partial charge in [0.2, 0.25) is 5.91 Å². The first-order valence-corrected chi connectivity index (χ1v) is 7.06. The van der Waals surface area contributed by atoms with E-state index in [9.17, 15) is 4.79 Å². The van der Waals surface area contributed by atoms with Crippen molar-refractivity contribution in [1.29, 1.82) is 0 Å². The standard InChI is InChI=1S/C15H20N2O2/c18-15(12-7-8-16-9-12)17-13-3-1-2-4-14(13)19-10-11-5-6-11/h1-4,11-12,16H,5-10H2,(H,17,18). The maximum Gasteiger partial charge on any atom is 0.228 e. The van der Waals surface area contributed by atoms with Gasteiger partial charge in [0.1, 0.15) is 5.75 Å². The first-order valence-electron chi connectivity index (χ1n) is 7.06. The lowest BCUT2D eigenvalue weighted by molar-refractivity contribution is -0.119. The van der Waals surface area contributed by atoms with Crippen LogP contribution in [0.25, 0.3) is 0 Å². The second-order valence-corrected chi connectivity index (χ2v) is 5.43. The first kappa shape index (κ1) is 12.5. The molecule has 1 saturated heterocycles. The van der Waals surface area contributed by atoms with Gasteiger partial charge >= 0.3 is 0 Å². The Morgan fingerprint density at radius 1 is 1.32 bits per heavy atom. The highest BCUT2D eigenvalue weighted by atomic mass is 16.5. The van der Waals surface area contributed by atoms with Crippen LogP contribution in [0.5, 0.6) is 5.75 Å². The maximum absolute atomic E-state index is 12.1. The third-order valence-corrected chi connectivity index (χ3v) is 3.75. The molecule has 2 N–H and O–H groups in total. The van der Waals surface area contributed by atoms with Crippen molar-refractivity contribution in [3.05, 3.63) is 24.3 Å². The Morgan fingerprint density at radius 2 is 2.16 bits per heavy atom. The van der Waals surface area contributed by atoms with Gasteiger partial charge in [0.25, 0.3) is 0 Å². The Bertz CT molecular complexity index is 451. The van der Waals surface area contributed by atoms with Crippen molar-refractivity contribution in [2.45, 2.75) is 19.3 Å². The number of nitrogens with one attached hydrogen (secondary N) is 2. The summed E-state index contributed by atoms with van der Waals surface area (Å²) < 4.78 is 5.79. The summed E-state index contributed by atoms with van der Waals surface area (Å²) in [5.74, 6) is 1.67. The second-order valence-electron chi connectivity index (χ2n) is 5.43. The van der Waals surface area contributed by atoms with E-state index in [1.54, 1.807) is 0 Å². The largest absolute Gasteiger partial charge is 0.491 e. The van der Waals surface area contributed by atoms with E-state index in [1.807, 2.05) is 24.3 Å². The van der Waals surface area contributed by atoms with E-state index in [2.05, 4.69) is 10.6 Å². The van der Waals surface area contributed by atoms with E-state index in [1.165, 1.54) is 12.8 Å². The SMILES string of the molecule is O=C(Nc1ccccc1OCC1CC1)C1CCNC1. The number of carbonyl (C=O) groups is 1. The fraction of sp³-hybridized carbons (Fsp3) is 0.533. The monoisotopic (exact) mass is 260 g/mol. The Labute approximate surface area is 113 Å². The smallest absolute Gasteiger partial charge is 0.228 e. The summed E-state index contributed by atoms with van der Waals surface area (Å²) in [6.07, 6.45) is 3.45. The number of rotatable bonds is 5. The van der Waals surface area contributed by atoms with Gasteiger partial charge in [-0.25, -0.2) is 0 Å². The van der Waals surface area contributed by atoms with Crippen LogP contribution in [0.2, 0.25) is 0 Å². The average Bonchev–Trinajstić information content (AvgIpc) is 3.09. The molecule has 1 aromatic carbocycles. The Hall–Kier alpha value is -1.55. The van der Waals surface area contributed by atoms with E-state index in [4.69, 9.17) is 4.74 Å². The molecule has 4 heteroatoms. The minimum atomic E-state index is 0.0801. The van der Waals surface area contributed by atoms with E-state index in [0.29, 0.717) is 5.92 Å². The van der Waals surface area contributed by atoms with Gasteiger partial charge in [-0.2, -0.15) is 0 Å². The molecule has 1 unspecified atom stereocenters. The number of carbonyl (C=O) groups excluding carboxylic acids is 1. The highest BCUT2D eigenvalue weighted by molar-refractivity contribution is 5.94. The van der Waals surface area contributed by atoms with E-state index >= 15 is 0 Å². The van der Waals surface area contributed by atoms with Crippen molar-refractivity contribution in [1.82, 2.24) is 5.32 Å². The lowest BCUT2D eigenvalue weighted by Crippen LogP contribution is -2.24. The quantitative estimate of drug-likeness (QED) is 0.851. The van der Waals surface area contributed by atoms with E-state index < -0.39 is 0 Å². The second kappa shape index (κ2) is 5.61. The average molecular weight is 260 g/mol. The van der Waals surface area contributed by atoms with E-state index in [-0.39, 0.29) is 11.8 Å². The molecule has 0 bridgehead atoms. The van der Waals surface area contributed by atoms with Crippen LogP contribution in [0.15, 0.2) is 24.3 Å². The zero-order chi connectivity index (χ0) is 13.1. The number of benzene rings is 1. The predicted octanol–water partition coefficient (Wildman–Crippen LogP) is 2.02. The molecule has 0 aromatic heterocycles. The topological polar surface area (TPSA) is 50.4 Å². The van der Waals surface area contributed by atoms with Crippen LogP contribution in [0.4, 0.5) is 5.69 Å². The number of ether oxygens (including phenoxy) is 1. The van der Waals surface area contributed by atoms with Crippen molar-refractivity contribution in [2.24, 2.45) is 11.8 Å². The predicted molar refractivity (Wildman–Crippen MR) is 74.3 cm³/mol. The van der Waals surface area contributed by atoms with Crippen molar-refractivity contribution >= 4 is 11.6 Å². The Morgan fingerprint density at radius 3 is 2.89 bits per heavy atom. The minimum Gasteiger partial charge on any atom is -0.491 e. The number of hydrogen-bond donors (Lipinski definition) is 2. The molecule has 1 aliphatic carbocycles. The van der Waals surface area contributed by atoms with Crippen molar-refractivity contribution in [3.63, 3.8) is 0 Å². The molecule has 1 aliphatic heterocycles. The van der Waals surface area contributed by atoms with Gasteiger partial charge in [-0.15, -0.1) is 0 Å². The molecule has 4 nitrogen and oxygen atoms in total. The molecule has 2 aliphatic rings. The maximum atomic E-state index is 12.1. The van der Waals surface area contributed by atoms with Crippen LogP contribution in [-0.2, 0) is 4.79 Å². The summed E-state index contributed by atoms with van der Waals surface area (Å²) in [7, 11) is 0. The zero-order valence-electron chi connectivity index (χ0n) is 11.0. The Kier molecular flexibility index (Phi) is 3.69. The molecule has 1 atom stereocenters. The summed E-state index contributed by atoms with van der Waals surface area (Å²) in [5.41, 5.74) is 0.792. The molecular formula is C15H20N2O2. The van der Waals surface area contributed by atoms with Gasteiger partial charge in [0.15, 0.2) is 0 Å². The summed E-state index contributed by atoms with van der Waals surface area (Å²) in [6, 6.07) is 7.69. The molecular weight excluding hydrogens is 240 g/mol. The van der Waals surface area contributed by atoms with Crippen LogP contribution >= 0.6 is 0 Å². The lowest BCUT2D eigenvalue weighted by Gasteiger charge is -2.14. The van der Waals surface area contributed by atoms with Gasteiger partial charge < -0.3 is 15.4 Å². The van der Waals surface area contributed by atoms with Crippen LogP contribution in [0, 0.1) is 11.8 Å². The fourth-order valence-electron chi connectivity index (χ4n) is 2.30. The highest BCUT2D eigenvalue weighted by Crippen LogP contribution is 2.31. The zero-order valence-corrected chi connectivity index (χ0v) is 11.0. The highest BCUT2D eigenvalue weighted by Gasteiger charge is 2.24. The third-order valence-electron chi connectivity index (χ3n) is 3.75. The normalized spacial score (nSPS) is 22.2. The van der Waals surface area contributed by atoms with Crippen molar-refractivity contribution in [2.75, 3.05) is 25.0 Å². The van der Waals surface area contributed by atoms with Gasteiger partial charge in [0, 0.05) is 6.54 Å². The van der Waals surface area contributed by atoms with E-state index in [0.717, 1.165) is 37.6 Å².